The number of hydrogen-bond acceptors (Lipinski definition) is 3. The molecule has 0 aromatic carbocycles. The van der Waals surface area contributed by atoms with Gasteiger partial charge in [-0.05, 0) is 25.8 Å². The van der Waals surface area contributed by atoms with Crippen LogP contribution in [0.3, 0.4) is 0 Å². The lowest BCUT2D eigenvalue weighted by atomic mass is 10.1. The van der Waals surface area contributed by atoms with Crippen molar-refractivity contribution in [3.63, 3.8) is 0 Å². The standard InChI is InChI=1S/C11H14ClN3O/c1-7-6-9(12)14-11(13-7)15-10(16)8-4-2-3-5-8/h6,8H,2-5H2,1H3,(H,13,14,15,16). The van der Waals surface area contributed by atoms with Crippen molar-refractivity contribution in [1.29, 1.82) is 0 Å². The molecule has 1 heterocycles. The molecule has 0 saturated heterocycles. The molecule has 1 aromatic heterocycles. The number of carbonyl (C=O) groups excluding carboxylic acids is 1. The first-order valence-electron chi connectivity index (χ1n) is 5.47. The smallest absolute Gasteiger partial charge is 0.231 e. The molecule has 1 saturated carbocycles. The van der Waals surface area contributed by atoms with Crippen LogP contribution in [-0.2, 0) is 4.79 Å². The Balaban J connectivity index is 2.05. The zero-order valence-electron chi connectivity index (χ0n) is 9.16. The molecule has 0 spiro atoms. The lowest BCUT2D eigenvalue weighted by Gasteiger charge is -2.09. The van der Waals surface area contributed by atoms with Crippen molar-refractivity contribution in [3.8, 4) is 0 Å². The Bertz CT molecular complexity index is 382. The van der Waals surface area contributed by atoms with Crippen LogP contribution in [0.15, 0.2) is 6.07 Å². The monoisotopic (exact) mass is 239 g/mol. The first-order chi connectivity index (χ1) is 7.65. The van der Waals surface area contributed by atoms with Crippen molar-refractivity contribution in [1.82, 2.24) is 9.97 Å². The van der Waals surface area contributed by atoms with E-state index in [2.05, 4.69) is 15.3 Å². The molecule has 1 aromatic rings. The minimum absolute atomic E-state index is 0.0131. The predicted molar refractivity (Wildman–Crippen MR) is 62.4 cm³/mol. The molecule has 4 nitrogen and oxygen atoms in total. The van der Waals surface area contributed by atoms with Gasteiger partial charge in [-0.3, -0.25) is 10.1 Å². The largest absolute Gasteiger partial charge is 0.294 e. The average molecular weight is 240 g/mol. The Hall–Kier alpha value is -1.16. The first-order valence-corrected chi connectivity index (χ1v) is 5.85. The van der Waals surface area contributed by atoms with Crippen LogP contribution in [0.5, 0.6) is 0 Å². The SMILES string of the molecule is Cc1cc(Cl)nc(NC(=O)C2CCCC2)n1. The van der Waals surface area contributed by atoms with Gasteiger partial charge in [0.25, 0.3) is 0 Å². The second-order valence-electron chi connectivity index (χ2n) is 4.13. The summed E-state index contributed by atoms with van der Waals surface area (Å²) < 4.78 is 0. The third-order valence-corrected chi connectivity index (χ3v) is 2.98. The molecule has 0 radical (unpaired) electrons. The summed E-state index contributed by atoms with van der Waals surface area (Å²) in [7, 11) is 0. The van der Waals surface area contributed by atoms with Gasteiger partial charge in [0.05, 0.1) is 0 Å². The van der Waals surface area contributed by atoms with Crippen molar-refractivity contribution in [3.05, 3.63) is 16.9 Å². The predicted octanol–water partition coefficient (Wildman–Crippen LogP) is 2.57. The van der Waals surface area contributed by atoms with Crippen LogP contribution >= 0.6 is 11.6 Å². The Kier molecular flexibility index (Phi) is 3.39. The van der Waals surface area contributed by atoms with Gasteiger partial charge in [0.1, 0.15) is 5.15 Å². The highest BCUT2D eigenvalue weighted by atomic mass is 35.5. The summed E-state index contributed by atoms with van der Waals surface area (Å²) in [4.78, 5) is 19.9. The van der Waals surface area contributed by atoms with Crippen LogP contribution in [0.2, 0.25) is 5.15 Å². The summed E-state index contributed by atoms with van der Waals surface area (Å²) >= 11 is 5.79. The van der Waals surface area contributed by atoms with Crippen LogP contribution in [0, 0.1) is 12.8 Å². The van der Waals surface area contributed by atoms with E-state index in [1.807, 2.05) is 6.92 Å². The highest BCUT2D eigenvalue weighted by Crippen LogP contribution is 2.25. The maximum atomic E-state index is 11.8. The molecule has 1 fully saturated rings. The van der Waals surface area contributed by atoms with E-state index in [4.69, 9.17) is 11.6 Å². The molecule has 86 valence electrons. The fraction of sp³-hybridized carbons (Fsp3) is 0.545. The van der Waals surface area contributed by atoms with Crippen LogP contribution in [0.1, 0.15) is 31.4 Å². The number of carbonyl (C=O) groups is 1. The van der Waals surface area contributed by atoms with Gasteiger partial charge in [0.2, 0.25) is 11.9 Å². The van der Waals surface area contributed by atoms with E-state index >= 15 is 0 Å². The maximum absolute atomic E-state index is 11.8. The van der Waals surface area contributed by atoms with E-state index in [-0.39, 0.29) is 11.8 Å². The Morgan fingerprint density at radius 1 is 1.44 bits per heavy atom. The molecule has 0 aliphatic heterocycles. The summed E-state index contributed by atoms with van der Waals surface area (Å²) in [5.74, 6) is 0.434. The van der Waals surface area contributed by atoms with Gasteiger partial charge >= 0.3 is 0 Å². The third kappa shape index (κ3) is 2.70. The lowest BCUT2D eigenvalue weighted by Crippen LogP contribution is -2.21. The second kappa shape index (κ2) is 4.78. The Morgan fingerprint density at radius 3 is 2.75 bits per heavy atom. The summed E-state index contributed by atoms with van der Waals surface area (Å²) in [6, 6.07) is 1.66. The third-order valence-electron chi connectivity index (χ3n) is 2.78. The van der Waals surface area contributed by atoms with Gasteiger partial charge in [-0.15, -0.1) is 0 Å². The number of nitrogens with zero attached hydrogens (tertiary/aromatic N) is 2. The molecular formula is C11H14ClN3O. The molecule has 1 amide bonds. The minimum Gasteiger partial charge on any atom is -0.294 e. The first kappa shape index (κ1) is 11.3. The van der Waals surface area contributed by atoms with Crippen LogP contribution in [0.25, 0.3) is 0 Å². The van der Waals surface area contributed by atoms with Crippen LogP contribution in [0.4, 0.5) is 5.95 Å². The number of amides is 1. The normalized spacial score (nSPS) is 16.4. The number of rotatable bonds is 2. The second-order valence-corrected chi connectivity index (χ2v) is 4.51. The zero-order chi connectivity index (χ0) is 11.5. The summed E-state index contributed by atoms with van der Waals surface area (Å²) in [6.07, 6.45) is 4.19. The quantitative estimate of drug-likeness (QED) is 0.807. The fourth-order valence-electron chi connectivity index (χ4n) is 1.99. The van der Waals surface area contributed by atoms with Crippen LogP contribution in [-0.4, -0.2) is 15.9 Å². The van der Waals surface area contributed by atoms with E-state index < -0.39 is 0 Å². The number of aryl methyl sites for hydroxylation is 1. The molecular weight excluding hydrogens is 226 g/mol. The highest BCUT2D eigenvalue weighted by molar-refractivity contribution is 6.29. The van der Waals surface area contributed by atoms with Gasteiger partial charge < -0.3 is 0 Å². The number of hydrogen-bond donors (Lipinski definition) is 1. The molecule has 1 N–H and O–H groups in total. The molecule has 1 aliphatic rings. The van der Waals surface area contributed by atoms with Crippen molar-refractivity contribution < 1.29 is 4.79 Å². The van der Waals surface area contributed by atoms with E-state index in [0.29, 0.717) is 11.1 Å². The van der Waals surface area contributed by atoms with E-state index in [1.54, 1.807) is 6.07 Å². The number of halogens is 1. The van der Waals surface area contributed by atoms with Gasteiger partial charge in [0, 0.05) is 11.6 Å². The van der Waals surface area contributed by atoms with Crippen LogP contribution < -0.4 is 5.32 Å². The molecule has 0 unspecified atom stereocenters. The maximum Gasteiger partial charge on any atom is 0.231 e. The Morgan fingerprint density at radius 2 is 2.12 bits per heavy atom. The Labute approximate surface area is 99.4 Å². The molecule has 2 rings (SSSR count). The molecule has 5 heteroatoms. The van der Waals surface area contributed by atoms with Gasteiger partial charge in [-0.2, -0.15) is 0 Å². The summed E-state index contributed by atoms with van der Waals surface area (Å²) in [5.41, 5.74) is 0.752. The zero-order valence-corrected chi connectivity index (χ0v) is 9.92. The van der Waals surface area contributed by atoms with E-state index in [0.717, 1.165) is 31.4 Å². The fourth-order valence-corrected chi connectivity index (χ4v) is 2.22. The van der Waals surface area contributed by atoms with E-state index in [1.165, 1.54) is 0 Å². The summed E-state index contributed by atoms with van der Waals surface area (Å²) in [5, 5.41) is 3.08. The number of anilines is 1. The molecule has 16 heavy (non-hydrogen) atoms. The molecule has 0 bridgehead atoms. The van der Waals surface area contributed by atoms with Crippen molar-refractivity contribution in [2.75, 3.05) is 5.32 Å². The van der Waals surface area contributed by atoms with Crippen molar-refractivity contribution in [2.24, 2.45) is 5.92 Å². The van der Waals surface area contributed by atoms with E-state index in [9.17, 15) is 4.79 Å². The topological polar surface area (TPSA) is 54.9 Å². The van der Waals surface area contributed by atoms with Gasteiger partial charge in [-0.25, -0.2) is 9.97 Å². The molecule has 1 aliphatic carbocycles. The van der Waals surface area contributed by atoms with Crippen molar-refractivity contribution in [2.45, 2.75) is 32.6 Å². The minimum atomic E-state index is 0.0131. The van der Waals surface area contributed by atoms with Gasteiger partial charge in [0.15, 0.2) is 0 Å². The average Bonchev–Trinajstić information content (AvgIpc) is 2.68. The summed E-state index contributed by atoms with van der Waals surface area (Å²) in [6.45, 7) is 1.82. The number of nitrogens with one attached hydrogen (secondary N) is 1. The highest BCUT2D eigenvalue weighted by Gasteiger charge is 2.23. The molecule has 0 atom stereocenters. The lowest BCUT2D eigenvalue weighted by molar-refractivity contribution is -0.119. The number of aromatic nitrogens is 2. The van der Waals surface area contributed by atoms with Crippen molar-refractivity contribution >= 4 is 23.5 Å². The van der Waals surface area contributed by atoms with Gasteiger partial charge in [-0.1, -0.05) is 24.4 Å².